The zero-order valence-corrected chi connectivity index (χ0v) is 26.0. The number of methoxy groups -OCH3 is 1. The van der Waals surface area contributed by atoms with Crippen LogP contribution in [0.15, 0.2) is 54.9 Å². The molecule has 0 fully saturated rings. The van der Waals surface area contributed by atoms with Gasteiger partial charge >= 0.3 is 0 Å². The molecule has 1 amide bonds. The normalized spacial score (nSPS) is 12.0. The van der Waals surface area contributed by atoms with Crippen LogP contribution in [0.3, 0.4) is 0 Å². The molecule has 0 radical (unpaired) electrons. The fourth-order valence-electron chi connectivity index (χ4n) is 5.62. The number of aryl methyl sites for hydroxylation is 3. The van der Waals surface area contributed by atoms with Crippen molar-refractivity contribution in [3.05, 3.63) is 82.8 Å². The van der Waals surface area contributed by atoms with E-state index in [0.717, 1.165) is 96.9 Å². The molecule has 0 aliphatic carbocycles. The first-order valence-corrected chi connectivity index (χ1v) is 15.2. The summed E-state index contributed by atoms with van der Waals surface area (Å²) >= 11 is 0. The molecule has 0 atom stereocenters. The van der Waals surface area contributed by atoms with Crippen LogP contribution < -0.4 is 20.7 Å². The van der Waals surface area contributed by atoms with Gasteiger partial charge in [-0.05, 0) is 88.5 Å². The first-order valence-electron chi connectivity index (χ1n) is 15.2. The predicted molar refractivity (Wildman–Crippen MR) is 174 cm³/mol. The lowest BCUT2D eigenvalue weighted by atomic mass is 10.0. The largest absolute Gasteiger partial charge is 0.494 e. The molecule has 3 heterocycles. The Kier molecular flexibility index (Phi) is 9.61. The van der Waals surface area contributed by atoms with E-state index in [2.05, 4.69) is 72.0 Å². The fourth-order valence-corrected chi connectivity index (χ4v) is 5.62. The molecule has 0 unspecified atom stereocenters. The molecule has 226 valence electrons. The van der Waals surface area contributed by atoms with Gasteiger partial charge in [0.2, 0.25) is 5.95 Å². The minimum atomic E-state index is -0.0867. The van der Waals surface area contributed by atoms with Crippen molar-refractivity contribution < 1.29 is 9.53 Å². The number of unbranched alkanes of at least 4 members (excludes halogenated alkanes) is 1. The topological polar surface area (TPSA) is 96.3 Å². The second-order valence-electron chi connectivity index (χ2n) is 11.2. The molecule has 9 heteroatoms. The molecule has 0 bridgehead atoms. The van der Waals surface area contributed by atoms with E-state index in [1.54, 1.807) is 7.11 Å². The van der Waals surface area contributed by atoms with Gasteiger partial charge in [0.15, 0.2) is 0 Å². The van der Waals surface area contributed by atoms with E-state index in [-0.39, 0.29) is 5.91 Å². The summed E-state index contributed by atoms with van der Waals surface area (Å²) in [7, 11) is 5.86. The van der Waals surface area contributed by atoms with Crippen LogP contribution in [0.5, 0.6) is 5.75 Å². The van der Waals surface area contributed by atoms with Gasteiger partial charge in [0.1, 0.15) is 11.6 Å². The minimum Gasteiger partial charge on any atom is -0.494 e. The lowest BCUT2D eigenvalue weighted by Crippen LogP contribution is -2.20. The first kappa shape index (κ1) is 30.1. The maximum absolute atomic E-state index is 13.5. The number of ether oxygens (including phenoxy) is 1. The Bertz CT molecular complexity index is 1550. The Morgan fingerprint density at radius 2 is 1.84 bits per heavy atom. The van der Waals surface area contributed by atoms with Crippen molar-refractivity contribution in [3.63, 3.8) is 0 Å². The van der Waals surface area contributed by atoms with Gasteiger partial charge in [-0.2, -0.15) is 4.98 Å². The van der Waals surface area contributed by atoms with Crippen LogP contribution in [0.1, 0.15) is 59.4 Å². The summed E-state index contributed by atoms with van der Waals surface area (Å²) in [5.74, 6) is 1.88. The number of rotatable bonds is 13. The first-order chi connectivity index (χ1) is 20.9. The van der Waals surface area contributed by atoms with Crippen LogP contribution in [-0.2, 0) is 25.7 Å². The Morgan fingerprint density at radius 3 is 2.56 bits per heavy atom. The highest BCUT2D eigenvalue weighted by Crippen LogP contribution is 2.32. The number of nitrogens with one attached hydrogen (secondary N) is 3. The molecule has 9 nitrogen and oxygen atoms in total. The minimum absolute atomic E-state index is 0.0867. The second kappa shape index (κ2) is 13.7. The van der Waals surface area contributed by atoms with Gasteiger partial charge in [-0.15, -0.1) is 0 Å². The van der Waals surface area contributed by atoms with Gasteiger partial charge < -0.3 is 30.2 Å². The van der Waals surface area contributed by atoms with E-state index in [9.17, 15) is 4.79 Å². The van der Waals surface area contributed by atoms with E-state index in [1.165, 1.54) is 0 Å². The van der Waals surface area contributed by atoms with E-state index < -0.39 is 0 Å². The lowest BCUT2D eigenvalue weighted by molar-refractivity contribution is 0.102. The fraction of sp³-hybridized carbons (Fsp3) is 0.382. The molecule has 0 saturated carbocycles. The molecule has 1 aliphatic rings. The Labute approximate surface area is 254 Å². The van der Waals surface area contributed by atoms with Crippen molar-refractivity contribution in [3.8, 4) is 11.6 Å². The second-order valence-corrected chi connectivity index (χ2v) is 11.2. The third-order valence-corrected chi connectivity index (χ3v) is 7.98. The highest BCUT2D eigenvalue weighted by atomic mass is 16.5. The van der Waals surface area contributed by atoms with Crippen molar-refractivity contribution in [1.29, 1.82) is 0 Å². The quantitative estimate of drug-likeness (QED) is 0.161. The van der Waals surface area contributed by atoms with Crippen molar-refractivity contribution in [1.82, 2.24) is 19.4 Å². The number of fused-ring (bicyclic) bond motifs is 3. The molecule has 43 heavy (non-hydrogen) atoms. The molecule has 0 saturated heterocycles. The summed E-state index contributed by atoms with van der Waals surface area (Å²) in [5.41, 5.74) is 7.70. The molecule has 3 N–H and O–H groups in total. The predicted octanol–water partition coefficient (Wildman–Crippen LogP) is 6.25. The van der Waals surface area contributed by atoms with E-state index in [0.29, 0.717) is 17.3 Å². The number of aromatic nitrogens is 3. The number of hydrogen-bond donors (Lipinski definition) is 3. The van der Waals surface area contributed by atoms with Crippen molar-refractivity contribution >= 4 is 28.9 Å². The van der Waals surface area contributed by atoms with Gasteiger partial charge in [0.05, 0.1) is 18.4 Å². The van der Waals surface area contributed by atoms with Gasteiger partial charge in [0, 0.05) is 47.6 Å². The molecule has 1 aliphatic heterocycles. The zero-order chi connectivity index (χ0) is 30.3. The van der Waals surface area contributed by atoms with Gasteiger partial charge in [-0.25, -0.2) is 4.98 Å². The number of benzene rings is 2. The average Bonchev–Trinajstić information content (AvgIpc) is 3.46. The Hall–Kier alpha value is -4.37. The molecule has 2 aromatic heterocycles. The molecule has 5 rings (SSSR count). The SMILES string of the molecule is CCc1cccc(CC)c1NC(=O)c1ccn2c1CCc1cnc(Nc3ccc(NCCCCN(C)C)cc3OC)nc1-2. The summed E-state index contributed by atoms with van der Waals surface area (Å²) in [5, 5.41) is 10.0. The number of nitrogens with zero attached hydrogens (tertiary/aromatic N) is 4. The third kappa shape index (κ3) is 6.83. The maximum atomic E-state index is 13.5. The molecular formula is C34H43N7O2. The number of hydrogen-bond acceptors (Lipinski definition) is 7. The number of carbonyl (C=O) groups excluding carboxylic acids is 1. The summed E-state index contributed by atoms with van der Waals surface area (Å²) in [6.07, 6.45) is 9.28. The Balaban J connectivity index is 1.32. The summed E-state index contributed by atoms with van der Waals surface area (Å²) in [6.45, 7) is 6.22. The number of carbonyl (C=O) groups is 1. The van der Waals surface area contributed by atoms with E-state index in [4.69, 9.17) is 9.72 Å². The van der Waals surface area contributed by atoms with Crippen molar-refractivity contribution in [2.45, 2.75) is 52.4 Å². The molecule has 0 spiro atoms. The summed E-state index contributed by atoms with van der Waals surface area (Å²) < 4.78 is 7.70. The lowest BCUT2D eigenvalue weighted by Gasteiger charge is -2.21. The van der Waals surface area contributed by atoms with Gasteiger partial charge in [-0.1, -0.05) is 32.0 Å². The average molecular weight is 582 g/mol. The standard InChI is InChI=1S/C34H43N7O2/c1-6-23-11-10-12-24(7-2)31(23)38-33(42)27-17-20-41-29(27)16-13-25-22-36-34(39-32(25)41)37-28-15-14-26(21-30(28)43-5)35-18-8-9-19-40(3)4/h10-12,14-15,17,20-22,35H,6-9,13,16,18-19H2,1-5H3,(H,38,42)(H,36,37,39). The molecular weight excluding hydrogens is 538 g/mol. The van der Waals surface area contributed by atoms with Crippen LogP contribution in [0.4, 0.5) is 23.0 Å². The summed E-state index contributed by atoms with van der Waals surface area (Å²) in [6, 6.07) is 14.1. The smallest absolute Gasteiger partial charge is 0.257 e. The van der Waals surface area contributed by atoms with Crippen LogP contribution in [0, 0.1) is 0 Å². The van der Waals surface area contributed by atoms with Crippen LogP contribution in [0.2, 0.25) is 0 Å². The maximum Gasteiger partial charge on any atom is 0.257 e. The molecule has 2 aromatic carbocycles. The third-order valence-electron chi connectivity index (χ3n) is 7.98. The molecule has 4 aromatic rings. The van der Waals surface area contributed by atoms with E-state index >= 15 is 0 Å². The van der Waals surface area contributed by atoms with Crippen molar-refractivity contribution in [2.75, 3.05) is 50.2 Å². The highest BCUT2D eigenvalue weighted by molar-refractivity contribution is 6.06. The van der Waals surface area contributed by atoms with E-state index in [1.807, 2.05) is 41.2 Å². The van der Waals surface area contributed by atoms with Crippen LogP contribution in [-0.4, -0.2) is 59.6 Å². The van der Waals surface area contributed by atoms with Crippen LogP contribution >= 0.6 is 0 Å². The number of para-hydroxylation sites is 1. The summed E-state index contributed by atoms with van der Waals surface area (Å²) in [4.78, 5) is 25.2. The Morgan fingerprint density at radius 1 is 1.05 bits per heavy atom. The van der Waals surface area contributed by atoms with Gasteiger partial charge in [0.25, 0.3) is 5.91 Å². The monoisotopic (exact) mass is 581 g/mol. The highest BCUT2D eigenvalue weighted by Gasteiger charge is 2.25. The number of anilines is 4. The van der Waals surface area contributed by atoms with Gasteiger partial charge in [-0.3, -0.25) is 4.79 Å². The zero-order valence-electron chi connectivity index (χ0n) is 26.0. The number of amides is 1. The van der Waals surface area contributed by atoms with Crippen molar-refractivity contribution in [2.24, 2.45) is 0 Å². The van der Waals surface area contributed by atoms with Crippen LogP contribution in [0.25, 0.3) is 5.82 Å².